The molecule has 0 spiro atoms. The van der Waals surface area contributed by atoms with Gasteiger partial charge >= 0.3 is 0 Å². The summed E-state index contributed by atoms with van der Waals surface area (Å²) in [4.78, 5) is 4.14. The van der Waals surface area contributed by atoms with E-state index < -0.39 is 0 Å². The van der Waals surface area contributed by atoms with Crippen LogP contribution in [-0.2, 0) is 6.54 Å². The van der Waals surface area contributed by atoms with Crippen molar-refractivity contribution in [3.8, 4) is 11.5 Å². The van der Waals surface area contributed by atoms with Crippen LogP contribution in [0.25, 0.3) is 0 Å². The van der Waals surface area contributed by atoms with E-state index in [0.717, 1.165) is 11.4 Å². The lowest BCUT2D eigenvalue weighted by atomic mass is 10.3. The number of nitrogens with zero attached hydrogens (tertiary/aromatic N) is 2. The first kappa shape index (κ1) is 18.1. The summed E-state index contributed by atoms with van der Waals surface area (Å²) in [5.74, 6) is 1.94. The summed E-state index contributed by atoms with van der Waals surface area (Å²) in [7, 11) is 4.89. The number of hydrogen-bond donors (Lipinski definition) is 2. The first-order valence-corrected chi connectivity index (χ1v) is 6.35. The van der Waals surface area contributed by atoms with Crippen molar-refractivity contribution in [1.82, 2.24) is 10.5 Å². The highest BCUT2D eigenvalue weighted by Crippen LogP contribution is 2.29. The lowest BCUT2D eigenvalue weighted by Crippen LogP contribution is -2.30. The maximum atomic E-state index is 5.26. The van der Waals surface area contributed by atoms with Gasteiger partial charge in [0.05, 0.1) is 20.8 Å². The minimum absolute atomic E-state index is 0. The Morgan fingerprint density at radius 3 is 2.59 bits per heavy atom. The molecule has 0 bridgehead atoms. The average Bonchev–Trinajstić information content (AvgIpc) is 3.04. The van der Waals surface area contributed by atoms with Gasteiger partial charge in [-0.25, -0.2) is 0 Å². The molecule has 0 fully saturated rings. The SMILES string of the molecule is CN=C(NCc1ccon1)Nc1ccc(OC)c(OC)c1.I. The summed E-state index contributed by atoms with van der Waals surface area (Å²) in [6.07, 6.45) is 1.53. The largest absolute Gasteiger partial charge is 0.493 e. The zero-order valence-corrected chi connectivity index (χ0v) is 15.0. The highest BCUT2D eigenvalue weighted by molar-refractivity contribution is 14.0. The molecule has 0 atom stereocenters. The first-order chi connectivity index (χ1) is 10.3. The minimum Gasteiger partial charge on any atom is -0.493 e. The van der Waals surface area contributed by atoms with Crippen molar-refractivity contribution in [3.63, 3.8) is 0 Å². The lowest BCUT2D eigenvalue weighted by Gasteiger charge is -2.13. The number of hydrogen-bond acceptors (Lipinski definition) is 5. The number of ether oxygens (including phenoxy) is 2. The van der Waals surface area contributed by atoms with Crippen LogP contribution >= 0.6 is 24.0 Å². The zero-order valence-electron chi connectivity index (χ0n) is 12.6. The van der Waals surface area contributed by atoms with Crippen LogP contribution in [0.1, 0.15) is 5.69 Å². The van der Waals surface area contributed by atoms with E-state index in [9.17, 15) is 0 Å². The van der Waals surface area contributed by atoms with E-state index in [0.29, 0.717) is 24.0 Å². The van der Waals surface area contributed by atoms with Gasteiger partial charge in [0.1, 0.15) is 12.0 Å². The van der Waals surface area contributed by atoms with Crippen molar-refractivity contribution in [2.75, 3.05) is 26.6 Å². The number of methoxy groups -OCH3 is 2. The van der Waals surface area contributed by atoms with Crippen LogP contribution in [0.5, 0.6) is 11.5 Å². The fourth-order valence-corrected chi connectivity index (χ4v) is 1.73. The third-order valence-electron chi connectivity index (χ3n) is 2.80. The van der Waals surface area contributed by atoms with Gasteiger partial charge in [0.25, 0.3) is 0 Å². The molecule has 7 nitrogen and oxygen atoms in total. The maximum absolute atomic E-state index is 5.26. The summed E-state index contributed by atoms with van der Waals surface area (Å²) in [5.41, 5.74) is 1.63. The second kappa shape index (κ2) is 9.13. The first-order valence-electron chi connectivity index (χ1n) is 6.35. The summed E-state index contributed by atoms with van der Waals surface area (Å²) in [5, 5.41) is 10.1. The van der Waals surface area contributed by atoms with Crippen LogP contribution in [0, 0.1) is 0 Å². The minimum atomic E-state index is 0. The number of anilines is 1. The van der Waals surface area contributed by atoms with Crippen LogP contribution in [0.4, 0.5) is 5.69 Å². The second-order valence-corrected chi connectivity index (χ2v) is 4.11. The highest BCUT2D eigenvalue weighted by atomic mass is 127. The Kier molecular flexibility index (Phi) is 7.50. The number of halogens is 1. The fourth-order valence-electron chi connectivity index (χ4n) is 1.73. The highest BCUT2D eigenvalue weighted by Gasteiger charge is 2.06. The van der Waals surface area contributed by atoms with E-state index in [1.54, 1.807) is 27.3 Å². The van der Waals surface area contributed by atoms with Gasteiger partial charge in [-0.2, -0.15) is 0 Å². The summed E-state index contributed by atoms with van der Waals surface area (Å²) < 4.78 is 15.2. The number of nitrogens with one attached hydrogen (secondary N) is 2. The molecule has 22 heavy (non-hydrogen) atoms. The number of guanidine groups is 1. The van der Waals surface area contributed by atoms with Gasteiger partial charge in [-0.05, 0) is 12.1 Å². The van der Waals surface area contributed by atoms with Gasteiger partial charge < -0.3 is 24.6 Å². The van der Waals surface area contributed by atoms with Crippen LogP contribution in [-0.4, -0.2) is 32.4 Å². The van der Waals surface area contributed by atoms with Gasteiger partial charge in [0.15, 0.2) is 17.5 Å². The van der Waals surface area contributed by atoms with Crippen LogP contribution in [0.15, 0.2) is 40.0 Å². The molecule has 1 aromatic carbocycles. The van der Waals surface area contributed by atoms with Gasteiger partial charge in [-0.1, -0.05) is 5.16 Å². The molecule has 1 aromatic heterocycles. The molecule has 0 unspecified atom stereocenters. The fraction of sp³-hybridized carbons (Fsp3) is 0.286. The Balaban J connectivity index is 0.00000242. The van der Waals surface area contributed by atoms with Gasteiger partial charge in [-0.15, -0.1) is 24.0 Å². The van der Waals surface area contributed by atoms with Crippen molar-refractivity contribution in [1.29, 1.82) is 0 Å². The normalized spacial score (nSPS) is 10.6. The summed E-state index contributed by atoms with van der Waals surface area (Å²) >= 11 is 0. The predicted molar refractivity (Wildman–Crippen MR) is 95.3 cm³/mol. The molecule has 0 radical (unpaired) electrons. The van der Waals surface area contributed by atoms with E-state index in [2.05, 4.69) is 20.8 Å². The molecule has 2 rings (SSSR count). The van der Waals surface area contributed by atoms with Crippen LogP contribution in [0.3, 0.4) is 0 Å². The Bertz CT molecular complexity index is 602. The van der Waals surface area contributed by atoms with E-state index in [1.165, 1.54) is 6.26 Å². The third-order valence-corrected chi connectivity index (χ3v) is 2.80. The number of aromatic nitrogens is 1. The van der Waals surface area contributed by atoms with Crippen molar-refractivity contribution in [2.45, 2.75) is 6.54 Å². The molecule has 0 saturated carbocycles. The van der Waals surface area contributed by atoms with Gasteiger partial charge in [0, 0.05) is 24.9 Å². The molecule has 0 saturated heterocycles. The Morgan fingerprint density at radius 2 is 2.00 bits per heavy atom. The van der Waals surface area contributed by atoms with Crippen molar-refractivity contribution in [2.24, 2.45) is 4.99 Å². The molecule has 8 heteroatoms. The third kappa shape index (κ3) is 4.79. The molecular formula is C14H19IN4O3. The smallest absolute Gasteiger partial charge is 0.195 e. The van der Waals surface area contributed by atoms with E-state index >= 15 is 0 Å². The Hall–Kier alpha value is -1.97. The Morgan fingerprint density at radius 1 is 1.23 bits per heavy atom. The van der Waals surface area contributed by atoms with Gasteiger partial charge in [0.2, 0.25) is 0 Å². The molecule has 120 valence electrons. The van der Waals surface area contributed by atoms with Crippen LogP contribution < -0.4 is 20.1 Å². The predicted octanol–water partition coefficient (Wildman–Crippen LogP) is 2.50. The number of rotatable bonds is 5. The Labute approximate surface area is 146 Å². The number of aliphatic imine (C=N–C) groups is 1. The van der Waals surface area contributed by atoms with Crippen LogP contribution in [0.2, 0.25) is 0 Å². The molecule has 0 amide bonds. The van der Waals surface area contributed by atoms with Crippen molar-refractivity contribution >= 4 is 35.6 Å². The molecular weight excluding hydrogens is 399 g/mol. The van der Waals surface area contributed by atoms with E-state index in [1.807, 2.05) is 18.2 Å². The summed E-state index contributed by atoms with van der Waals surface area (Å²) in [6.45, 7) is 0.517. The van der Waals surface area contributed by atoms with E-state index in [4.69, 9.17) is 14.0 Å². The lowest BCUT2D eigenvalue weighted by molar-refractivity contribution is 0.355. The van der Waals surface area contributed by atoms with Crippen molar-refractivity contribution < 1.29 is 14.0 Å². The number of benzene rings is 1. The maximum Gasteiger partial charge on any atom is 0.195 e. The monoisotopic (exact) mass is 418 g/mol. The second-order valence-electron chi connectivity index (χ2n) is 4.11. The zero-order chi connectivity index (χ0) is 15.1. The average molecular weight is 418 g/mol. The molecule has 2 aromatic rings. The van der Waals surface area contributed by atoms with E-state index in [-0.39, 0.29) is 24.0 Å². The topological polar surface area (TPSA) is 80.9 Å². The quantitative estimate of drug-likeness (QED) is 0.441. The standard InChI is InChI=1S/C14H18N4O3.HI/c1-15-14(16-9-11-6-7-21-18-11)17-10-4-5-12(19-2)13(8-10)20-3;/h4-8H,9H2,1-3H3,(H2,15,16,17);1H. The molecule has 2 N–H and O–H groups in total. The molecule has 0 aliphatic carbocycles. The molecule has 0 aliphatic rings. The summed E-state index contributed by atoms with van der Waals surface area (Å²) in [6, 6.07) is 7.33. The van der Waals surface area contributed by atoms with Gasteiger partial charge in [-0.3, -0.25) is 4.99 Å². The van der Waals surface area contributed by atoms with Crippen molar-refractivity contribution in [3.05, 3.63) is 36.2 Å². The molecule has 0 aliphatic heterocycles. The molecule has 1 heterocycles.